The molecule has 0 radical (unpaired) electrons. The van der Waals surface area contributed by atoms with Crippen molar-refractivity contribution in [3.63, 3.8) is 0 Å². The summed E-state index contributed by atoms with van der Waals surface area (Å²) in [6.45, 7) is 0.303. The highest BCUT2D eigenvalue weighted by molar-refractivity contribution is 7.90. The molecule has 1 aromatic rings. The monoisotopic (exact) mass is 316 g/mol. The summed E-state index contributed by atoms with van der Waals surface area (Å²) < 4.78 is 40.4. The Hall–Kier alpha value is -1.67. The normalized spacial score (nSPS) is 17.6. The Bertz CT molecular complexity index is 627. The molecule has 8 heteroatoms. The zero-order valence-corrected chi connectivity index (χ0v) is 12.4. The van der Waals surface area contributed by atoms with Gasteiger partial charge in [0.1, 0.15) is 5.82 Å². The maximum atomic E-state index is 13.2. The molecule has 0 saturated carbocycles. The average molecular weight is 316 g/mol. The van der Waals surface area contributed by atoms with Crippen LogP contribution in [-0.2, 0) is 15.0 Å². The highest BCUT2D eigenvalue weighted by atomic mass is 32.2. The number of carboxylic acid groups (broad SMARTS) is 1. The summed E-state index contributed by atoms with van der Waals surface area (Å²) in [6.07, 6.45) is 0.567. The highest BCUT2D eigenvalue weighted by Crippen LogP contribution is 2.24. The number of anilines is 1. The van der Waals surface area contributed by atoms with Crippen LogP contribution in [0.2, 0.25) is 0 Å². The number of hydrogen-bond acceptors (Lipinski definition) is 3. The Kier molecular flexibility index (Phi) is 4.48. The average Bonchev–Trinajstić information content (AvgIpc) is 2.46. The predicted octanol–water partition coefficient (Wildman–Crippen LogP) is 1.30. The summed E-state index contributed by atoms with van der Waals surface area (Å²) in [5.41, 5.74) is 0.232. The van der Waals surface area contributed by atoms with Crippen LogP contribution in [0.1, 0.15) is 12.8 Å². The Morgan fingerprint density at radius 1 is 1.38 bits per heavy atom. The van der Waals surface area contributed by atoms with E-state index in [-0.39, 0.29) is 31.6 Å². The lowest BCUT2D eigenvalue weighted by Gasteiger charge is -2.33. The van der Waals surface area contributed by atoms with Crippen LogP contribution < -0.4 is 4.31 Å². The van der Waals surface area contributed by atoms with Crippen molar-refractivity contribution in [2.24, 2.45) is 5.92 Å². The summed E-state index contributed by atoms with van der Waals surface area (Å²) >= 11 is 0. The Morgan fingerprint density at radius 2 is 2.00 bits per heavy atom. The van der Waals surface area contributed by atoms with Crippen molar-refractivity contribution >= 4 is 21.9 Å². The highest BCUT2D eigenvalue weighted by Gasteiger charge is 2.33. The molecule has 1 fully saturated rings. The third kappa shape index (κ3) is 3.33. The summed E-state index contributed by atoms with van der Waals surface area (Å²) in [5, 5.41) is 8.92. The predicted molar refractivity (Wildman–Crippen MR) is 75.7 cm³/mol. The van der Waals surface area contributed by atoms with Crippen LogP contribution in [0.5, 0.6) is 0 Å². The molecule has 0 atom stereocenters. The Balaban J connectivity index is 2.13. The molecule has 0 bridgehead atoms. The summed E-state index contributed by atoms with van der Waals surface area (Å²) in [5.74, 6) is -1.92. The third-order valence-corrected chi connectivity index (χ3v) is 5.57. The number of aliphatic carboxylic acids is 1. The van der Waals surface area contributed by atoms with E-state index in [4.69, 9.17) is 5.11 Å². The van der Waals surface area contributed by atoms with E-state index in [1.807, 2.05) is 0 Å². The van der Waals surface area contributed by atoms with Gasteiger partial charge in [0.15, 0.2) is 0 Å². The van der Waals surface area contributed by atoms with E-state index in [1.54, 1.807) is 0 Å². The fraction of sp³-hybridized carbons (Fsp3) is 0.462. The van der Waals surface area contributed by atoms with Gasteiger partial charge >= 0.3 is 16.2 Å². The molecule has 2 rings (SSSR count). The lowest BCUT2D eigenvalue weighted by Crippen LogP contribution is -2.46. The van der Waals surface area contributed by atoms with Gasteiger partial charge in [0.25, 0.3) is 0 Å². The molecule has 1 saturated heterocycles. The van der Waals surface area contributed by atoms with Crippen LogP contribution in [0.3, 0.4) is 0 Å². The fourth-order valence-corrected chi connectivity index (χ4v) is 3.71. The van der Waals surface area contributed by atoms with Gasteiger partial charge in [-0.25, -0.2) is 4.39 Å². The molecule has 1 aromatic carbocycles. The minimum absolute atomic E-state index is 0.152. The van der Waals surface area contributed by atoms with E-state index in [9.17, 15) is 17.6 Å². The molecule has 0 aromatic heterocycles. The van der Waals surface area contributed by atoms with Gasteiger partial charge in [0.2, 0.25) is 0 Å². The minimum atomic E-state index is -3.77. The first-order valence-corrected chi connectivity index (χ1v) is 7.94. The summed E-state index contributed by atoms with van der Waals surface area (Å²) in [7, 11) is -2.42. The quantitative estimate of drug-likeness (QED) is 0.908. The van der Waals surface area contributed by atoms with Crippen molar-refractivity contribution in [3.05, 3.63) is 30.1 Å². The standard InChI is InChI=1S/C13H17FN2O4S/c1-15(12-4-2-3-11(14)9-12)21(19,20)16-7-5-10(6-8-16)13(17)18/h2-4,9-10H,5-8H2,1H3,(H,17,18). The number of halogens is 1. The van der Waals surface area contributed by atoms with Crippen LogP contribution in [0, 0.1) is 11.7 Å². The van der Waals surface area contributed by atoms with Crippen molar-refractivity contribution in [2.45, 2.75) is 12.8 Å². The molecule has 6 nitrogen and oxygen atoms in total. The van der Waals surface area contributed by atoms with Crippen LogP contribution >= 0.6 is 0 Å². The molecule has 0 spiro atoms. The molecule has 116 valence electrons. The molecule has 21 heavy (non-hydrogen) atoms. The summed E-state index contributed by atoms with van der Waals surface area (Å²) in [6, 6.07) is 5.32. The Labute approximate surface area is 123 Å². The summed E-state index contributed by atoms with van der Waals surface area (Å²) in [4.78, 5) is 10.9. The van der Waals surface area contributed by atoms with Crippen molar-refractivity contribution in [2.75, 3.05) is 24.4 Å². The SMILES string of the molecule is CN(c1cccc(F)c1)S(=O)(=O)N1CCC(C(=O)O)CC1. The molecular weight excluding hydrogens is 299 g/mol. The second-order valence-electron chi connectivity index (χ2n) is 4.97. The smallest absolute Gasteiger partial charge is 0.306 e. The van der Waals surface area contributed by atoms with Crippen LogP contribution in [-0.4, -0.2) is 43.9 Å². The number of benzene rings is 1. The van der Waals surface area contributed by atoms with E-state index in [2.05, 4.69) is 0 Å². The van der Waals surface area contributed by atoms with Crippen molar-refractivity contribution in [1.29, 1.82) is 0 Å². The molecule has 1 N–H and O–H groups in total. The van der Waals surface area contributed by atoms with Crippen LogP contribution in [0.25, 0.3) is 0 Å². The molecule has 1 aliphatic heterocycles. The molecule has 1 aliphatic rings. The number of hydrogen-bond donors (Lipinski definition) is 1. The van der Waals surface area contributed by atoms with E-state index in [1.165, 1.54) is 29.6 Å². The Morgan fingerprint density at radius 3 is 2.52 bits per heavy atom. The molecule has 0 unspecified atom stereocenters. The van der Waals surface area contributed by atoms with Crippen LogP contribution in [0.4, 0.5) is 10.1 Å². The molecule has 1 heterocycles. The largest absolute Gasteiger partial charge is 0.481 e. The van der Waals surface area contributed by atoms with Gasteiger partial charge in [0.05, 0.1) is 11.6 Å². The number of carboxylic acids is 1. The lowest BCUT2D eigenvalue weighted by molar-refractivity contribution is -0.142. The lowest BCUT2D eigenvalue weighted by atomic mass is 9.99. The molecule has 0 amide bonds. The molecule has 0 aliphatic carbocycles. The fourth-order valence-electron chi connectivity index (χ4n) is 2.31. The van der Waals surface area contributed by atoms with Gasteiger partial charge in [-0.15, -0.1) is 0 Å². The molecular formula is C13H17FN2O4S. The van der Waals surface area contributed by atoms with Gasteiger partial charge in [-0.1, -0.05) is 6.07 Å². The third-order valence-electron chi connectivity index (χ3n) is 3.65. The first-order chi connectivity index (χ1) is 9.82. The van der Waals surface area contributed by atoms with Crippen molar-refractivity contribution in [1.82, 2.24) is 4.31 Å². The first kappa shape index (κ1) is 15.7. The van der Waals surface area contributed by atoms with E-state index < -0.39 is 27.9 Å². The first-order valence-electron chi connectivity index (χ1n) is 6.55. The number of nitrogens with zero attached hydrogens (tertiary/aromatic N) is 2. The topological polar surface area (TPSA) is 77.9 Å². The number of piperidine rings is 1. The van der Waals surface area contributed by atoms with Crippen LogP contribution in [0.15, 0.2) is 24.3 Å². The maximum absolute atomic E-state index is 13.2. The number of carbonyl (C=O) groups is 1. The van der Waals surface area contributed by atoms with Gasteiger partial charge in [-0.2, -0.15) is 12.7 Å². The van der Waals surface area contributed by atoms with Gasteiger partial charge in [0, 0.05) is 20.1 Å². The van der Waals surface area contributed by atoms with E-state index in [0.29, 0.717) is 0 Å². The minimum Gasteiger partial charge on any atom is -0.481 e. The zero-order chi connectivity index (χ0) is 15.6. The van der Waals surface area contributed by atoms with Crippen molar-refractivity contribution < 1.29 is 22.7 Å². The second-order valence-corrected chi connectivity index (χ2v) is 6.93. The maximum Gasteiger partial charge on any atom is 0.306 e. The zero-order valence-electron chi connectivity index (χ0n) is 11.6. The van der Waals surface area contributed by atoms with E-state index in [0.717, 1.165) is 10.4 Å². The van der Waals surface area contributed by atoms with Gasteiger partial charge in [-0.05, 0) is 31.0 Å². The second kappa shape index (κ2) is 5.98. The van der Waals surface area contributed by atoms with Gasteiger partial charge in [-0.3, -0.25) is 9.10 Å². The van der Waals surface area contributed by atoms with Gasteiger partial charge < -0.3 is 5.11 Å². The van der Waals surface area contributed by atoms with E-state index >= 15 is 0 Å². The number of rotatable bonds is 4. The van der Waals surface area contributed by atoms with Crippen molar-refractivity contribution in [3.8, 4) is 0 Å².